The smallest absolute Gasteiger partial charge is 0.0672 e. The summed E-state index contributed by atoms with van der Waals surface area (Å²) >= 11 is 0. The summed E-state index contributed by atoms with van der Waals surface area (Å²) in [5.41, 5.74) is 3.75. The first-order valence-corrected chi connectivity index (χ1v) is 4.69. The molecule has 2 aliphatic rings. The van der Waals surface area contributed by atoms with E-state index < -0.39 is 0 Å². The molecule has 2 nitrogen and oxygen atoms in total. The van der Waals surface area contributed by atoms with Crippen LogP contribution in [0.25, 0.3) is 0 Å². The molecule has 0 bridgehead atoms. The van der Waals surface area contributed by atoms with Gasteiger partial charge in [-0.25, -0.2) is 0 Å². The lowest BCUT2D eigenvalue weighted by atomic mass is 9.94. The first-order chi connectivity index (χ1) is 6.45. The van der Waals surface area contributed by atoms with E-state index in [0.717, 1.165) is 12.2 Å². The van der Waals surface area contributed by atoms with Crippen molar-refractivity contribution < 1.29 is 0 Å². The molecule has 1 atom stereocenters. The third kappa shape index (κ3) is 0.949. The van der Waals surface area contributed by atoms with Crippen LogP contribution in [0.3, 0.4) is 0 Å². The Hall–Kier alpha value is -1.44. The lowest BCUT2D eigenvalue weighted by Crippen LogP contribution is -2.19. The molecule has 0 amide bonds. The van der Waals surface area contributed by atoms with Gasteiger partial charge in [-0.2, -0.15) is 0 Å². The van der Waals surface area contributed by atoms with Gasteiger partial charge in [-0.1, -0.05) is 18.2 Å². The molecule has 2 heterocycles. The maximum absolute atomic E-state index is 4.57. The van der Waals surface area contributed by atoms with Crippen molar-refractivity contribution in [1.82, 2.24) is 10.6 Å². The summed E-state index contributed by atoms with van der Waals surface area (Å²) in [6.07, 6.45) is 3.22. The molecule has 13 heavy (non-hydrogen) atoms. The molecule has 0 spiro atoms. The Morgan fingerprint density at radius 1 is 1.31 bits per heavy atom. The average molecular weight is 171 g/mol. The second kappa shape index (κ2) is 2.52. The molecule has 65 valence electrons. The molecular weight excluding hydrogens is 160 g/mol. The number of rotatable bonds is 0. The maximum atomic E-state index is 4.57. The van der Waals surface area contributed by atoms with Crippen LogP contribution in [0.5, 0.6) is 0 Å². The molecule has 0 fully saturated rings. The van der Waals surface area contributed by atoms with Gasteiger partial charge >= 0.3 is 0 Å². The first kappa shape index (κ1) is 7.01. The highest BCUT2D eigenvalue weighted by molar-refractivity contribution is 5.57. The highest BCUT2D eigenvalue weighted by Crippen LogP contribution is 2.40. The van der Waals surface area contributed by atoms with Crippen molar-refractivity contribution >= 4 is 5.69 Å². The van der Waals surface area contributed by atoms with Crippen LogP contribution in [-0.2, 0) is 0 Å². The third-order valence-electron chi connectivity index (χ3n) is 2.75. The van der Waals surface area contributed by atoms with Gasteiger partial charge < -0.3 is 5.32 Å². The van der Waals surface area contributed by atoms with Crippen molar-refractivity contribution in [2.75, 3.05) is 6.54 Å². The number of allylic oxidation sites excluding steroid dienone is 1. The van der Waals surface area contributed by atoms with Crippen LogP contribution in [-0.4, -0.2) is 6.54 Å². The average Bonchev–Trinajstić information content (AvgIpc) is 2.56. The number of fused-ring (bicyclic) bond motifs is 3. The fourth-order valence-electron chi connectivity index (χ4n) is 2.10. The van der Waals surface area contributed by atoms with Crippen LogP contribution in [0, 0.1) is 0 Å². The Bertz CT molecular complexity index is 368. The molecule has 2 heteroatoms. The van der Waals surface area contributed by atoms with Gasteiger partial charge in [0.25, 0.3) is 0 Å². The summed E-state index contributed by atoms with van der Waals surface area (Å²) in [6, 6.07) is 8.43. The van der Waals surface area contributed by atoms with Crippen molar-refractivity contribution in [1.29, 1.82) is 0 Å². The van der Waals surface area contributed by atoms with Gasteiger partial charge in [0.05, 0.1) is 11.4 Å². The molecule has 0 aromatic heterocycles. The quantitative estimate of drug-likeness (QED) is 0.633. The molecule has 1 radical (unpaired) electrons. The van der Waals surface area contributed by atoms with Crippen molar-refractivity contribution in [2.24, 2.45) is 0 Å². The monoisotopic (exact) mass is 171 g/mol. The van der Waals surface area contributed by atoms with Gasteiger partial charge in [0.15, 0.2) is 0 Å². The van der Waals surface area contributed by atoms with Crippen LogP contribution in [0.15, 0.2) is 36.2 Å². The predicted octanol–water partition coefficient (Wildman–Crippen LogP) is 1.85. The summed E-state index contributed by atoms with van der Waals surface area (Å²) in [4.78, 5) is 0. The topological polar surface area (TPSA) is 26.1 Å². The van der Waals surface area contributed by atoms with Crippen LogP contribution in [0.1, 0.15) is 17.9 Å². The second-order valence-electron chi connectivity index (χ2n) is 3.54. The second-order valence-corrected chi connectivity index (χ2v) is 3.54. The SMILES string of the molecule is C1=C2[N]c3ccccc3C2CCN1. The highest BCUT2D eigenvalue weighted by atomic mass is 15.0. The van der Waals surface area contributed by atoms with E-state index in [1.54, 1.807) is 0 Å². The number of benzene rings is 1. The number of nitrogens with one attached hydrogen (secondary N) is 1. The van der Waals surface area contributed by atoms with Crippen molar-refractivity contribution in [3.8, 4) is 0 Å². The van der Waals surface area contributed by atoms with Crippen LogP contribution < -0.4 is 10.6 Å². The van der Waals surface area contributed by atoms with E-state index in [0.29, 0.717) is 5.92 Å². The number of para-hydroxylation sites is 1. The molecular formula is C11H11N2. The van der Waals surface area contributed by atoms with Gasteiger partial charge in [-0.15, -0.1) is 0 Å². The molecule has 1 aromatic rings. The van der Waals surface area contributed by atoms with Crippen LogP contribution in [0.4, 0.5) is 5.69 Å². The van der Waals surface area contributed by atoms with Crippen molar-refractivity contribution in [3.05, 3.63) is 41.7 Å². The van der Waals surface area contributed by atoms with Gasteiger partial charge in [-0.05, 0) is 18.1 Å². The summed E-state index contributed by atoms with van der Waals surface area (Å²) in [6.45, 7) is 1.07. The number of nitrogens with zero attached hydrogens (tertiary/aromatic N) is 1. The summed E-state index contributed by atoms with van der Waals surface area (Å²) < 4.78 is 0. The molecule has 1 aromatic carbocycles. The Morgan fingerprint density at radius 3 is 3.23 bits per heavy atom. The Morgan fingerprint density at radius 2 is 2.23 bits per heavy atom. The van der Waals surface area contributed by atoms with Gasteiger partial charge in [-0.3, -0.25) is 5.32 Å². The molecule has 1 unspecified atom stereocenters. The zero-order valence-electron chi connectivity index (χ0n) is 7.33. The third-order valence-corrected chi connectivity index (χ3v) is 2.75. The Labute approximate surface area is 77.7 Å². The minimum atomic E-state index is 0.553. The van der Waals surface area contributed by atoms with Crippen molar-refractivity contribution in [3.63, 3.8) is 0 Å². The summed E-state index contributed by atoms with van der Waals surface area (Å²) in [5, 5.41) is 7.81. The fourth-order valence-corrected chi connectivity index (χ4v) is 2.10. The minimum absolute atomic E-state index is 0.553. The normalized spacial score (nSPS) is 23.7. The lowest BCUT2D eigenvalue weighted by Gasteiger charge is -2.17. The summed E-state index contributed by atoms with van der Waals surface area (Å²) in [7, 11) is 0. The van der Waals surface area contributed by atoms with Gasteiger partial charge in [0, 0.05) is 18.7 Å². The zero-order chi connectivity index (χ0) is 8.67. The number of hydrogen-bond acceptors (Lipinski definition) is 1. The Kier molecular flexibility index (Phi) is 1.36. The standard InChI is InChI=1S/C11H11N2/c1-2-4-10-8(3-1)9-5-6-12-7-11(9)13-10/h1-4,7,9,12H,5-6H2. The van der Waals surface area contributed by atoms with Gasteiger partial charge in [0.2, 0.25) is 0 Å². The van der Waals surface area contributed by atoms with E-state index in [4.69, 9.17) is 0 Å². The van der Waals surface area contributed by atoms with Gasteiger partial charge in [0.1, 0.15) is 0 Å². The molecule has 3 rings (SSSR count). The molecule has 2 aliphatic heterocycles. The fraction of sp³-hybridized carbons (Fsp3) is 0.273. The van der Waals surface area contributed by atoms with E-state index in [2.05, 4.69) is 28.8 Å². The molecule has 0 aliphatic carbocycles. The van der Waals surface area contributed by atoms with E-state index in [1.165, 1.54) is 17.7 Å². The van der Waals surface area contributed by atoms with E-state index in [1.807, 2.05) is 12.3 Å². The van der Waals surface area contributed by atoms with Crippen LogP contribution in [0.2, 0.25) is 0 Å². The zero-order valence-corrected chi connectivity index (χ0v) is 7.33. The van der Waals surface area contributed by atoms with Crippen LogP contribution >= 0.6 is 0 Å². The van der Waals surface area contributed by atoms with E-state index in [-0.39, 0.29) is 0 Å². The summed E-state index contributed by atoms with van der Waals surface area (Å²) in [5.74, 6) is 0.553. The maximum Gasteiger partial charge on any atom is 0.0672 e. The first-order valence-electron chi connectivity index (χ1n) is 4.69. The lowest BCUT2D eigenvalue weighted by molar-refractivity contribution is 0.626. The van der Waals surface area contributed by atoms with E-state index >= 15 is 0 Å². The number of hydrogen-bond donors (Lipinski definition) is 1. The predicted molar refractivity (Wildman–Crippen MR) is 51.7 cm³/mol. The molecule has 1 N–H and O–H groups in total. The minimum Gasteiger partial charge on any atom is -0.389 e. The van der Waals surface area contributed by atoms with Crippen molar-refractivity contribution in [2.45, 2.75) is 12.3 Å². The Balaban J connectivity index is 2.12. The molecule has 0 saturated carbocycles. The molecule has 0 saturated heterocycles. The van der Waals surface area contributed by atoms with E-state index in [9.17, 15) is 0 Å². The highest BCUT2D eigenvalue weighted by Gasteiger charge is 2.29. The largest absolute Gasteiger partial charge is 0.389 e.